The quantitative estimate of drug-likeness (QED) is 0.778. The van der Waals surface area contributed by atoms with Crippen molar-refractivity contribution in [2.75, 3.05) is 6.54 Å². The summed E-state index contributed by atoms with van der Waals surface area (Å²) in [6.45, 7) is 6.30. The molecule has 0 unspecified atom stereocenters. The lowest BCUT2D eigenvalue weighted by molar-refractivity contribution is 0.0951. The molecule has 0 aliphatic rings. The van der Waals surface area contributed by atoms with E-state index in [9.17, 15) is 4.79 Å². The fourth-order valence-electron chi connectivity index (χ4n) is 2.83. The smallest absolute Gasteiger partial charge is 0.256 e. The number of nitrogens with zero attached hydrogens (tertiary/aromatic N) is 2. The van der Waals surface area contributed by atoms with Crippen molar-refractivity contribution in [3.63, 3.8) is 0 Å². The van der Waals surface area contributed by atoms with E-state index in [1.807, 2.05) is 44.2 Å². The van der Waals surface area contributed by atoms with Gasteiger partial charge in [-0.3, -0.25) is 9.78 Å². The second-order valence-electron chi connectivity index (χ2n) is 6.16. The van der Waals surface area contributed by atoms with Crippen LogP contribution in [0.4, 0.5) is 0 Å². The largest absolute Gasteiger partial charge is 0.360 e. The fourth-order valence-corrected chi connectivity index (χ4v) is 2.83. The van der Waals surface area contributed by atoms with Crippen molar-refractivity contribution in [2.45, 2.75) is 33.1 Å². The van der Waals surface area contributed by atoms with Crippen LogP contribution in [0.2, 0.25) is 0 Å². The number of fused-ring (bicyclic) bond motifs is 1. The summed E-state index contributed by atoms with van der Waals surface area (Å²) >= 11 is 0. The molecule has 1 amide bonds. The van der Waals surface area contributed by atoms with Crippen molar-refractivity contribution < 1.29 is 9.32 Å². The van der Waals surface area contributed by atoms with Crippen LogP contribution in [0.5, 0.6) is 0 Å². The van der Waals surface area contributed by atoms with Crippen LogP contribution in [-0.4, -0.2) is 22.6 Å². The molecule has 0 radical (unpaired) electrons. The molecule has 2 heterocycles. The van der Waals surface area contributed by atoms with E-state index in [4.69, 9.17) is 4.52 Å². The minimum atomic E-state index is -0.134. The van der Waals surface area contributed by atoms with Crippen molar-refractivity contribution in [3.05, 3.63) is 59.1 Å². The SMILES string of the molecule is Cc1noc(C(C)C)c1C(=O)NCCc1cccc2cccnc12. The van der Waals surface area contributed by atoms with E-state index in [2.05, 4.69) is 15.5 Å². The number of pyridine rings is 1. The molecule has 5 nitrogen and oxygen atoms in total. The number of hydrogen-bond acceptors (Lipinski definition) is 4. The van der Waals surface area contributed by atoms with E-state index in [0.29, 0.717) is 23.6 Å². The first-order chi connectivity index (χ1) is 11.6. The van der Waals surface area contributed by atoms with Crippen molar-refractivity contribution >= 4 is 16.8 Å². The molecule has 0 saturated heterocycles. The molecular weight excluding hydrogens is 302 g/mol. The molecule has 0 spiro atoms. The highest BCUT2D eigenvalue weighted by Crippen LogP contribution is 2.22. The number of nitrogens with one attached hydrogen (secondary N) is 1. The number of benzene rings is 1. The van der Waals surface area contributed by atoms with E-state index in [-0.39, 0.29) is 11.8 Å². The standard InChI is InChI=1S/C19H21N3O2/c1-12(2)18-16(13(3)22-24-18)19(23)21-11-9-15-7-4-6-14-8-5-10-20-17(14)15/h4-8,10,12H,9,11H2,1-3H3,(H,21,23). The molecule has 124 valence electrons. The molecule has 3 rings (SSSR count). The Hall–Kier alpha value is -2.69. The minimum absolute atomic E-state index is 0.120. The maximum Gasteiger partial charge on any atom is 0.256 e. The third-order valence-electron chi connectivity index (χ3n) is 4.04. The average molecular weight is 323 g/mol. The van der Waals surface area contributed by atoms with Crippen LogP contribution in [-0.2, 0) is 6.42 Å². The van der Waals surface area contributed by atoms with E-state index in [0.717, 1.165) is 22.9 Å². The summed E-state index contributed by atoms with van der Waals surface area (Å²) in [5.74, 6) is 0.622. The van der Waals surface area contributed by atoms with Gasteiger partial charge in [0.15, 0.2) is 5.76 Å². The monoisotopic (exact) mass is 323 g/mol. The van der Waals surface area contributed by atoms with E-state index in [1.54, 1.807) is 13.1 Å². The van der Waals surface area contributed by atoms with Crippen molar-refractivity contribution in [1.82, 2.24) is 15.5 Å². The molecule has 24 heavy (non-hydrogen) atoms. The van der Waals surface area contributed by atoms with Gasteiger partial charge in [-0.25, -0.2) is 0 Å². The highest BCUT2D eigenvalue weighted by Gasteiger charge is 2.22. The number of para-hydroxylation sites is 1. The number of carbonyl (C=O) groups excluding carboxylic acids is 1. The van der Waals surface area contributed by atoms with Crippen LogP contribution in [0.15, 0.2) is 41.1 Å². The molecule has 1 aromatic carbocycles. The summed E-state index contributed by atoms with van der Waals surface area (Å²) in [7, 11) is 0. The maximum atomic E-state index is 12.5. The summed E-state index contributed by atoms with van der Waals surface area (Å²) in [6.07, 6.45) is 2.52. The Balaban J connectivity index is 1.70. The van der Waals surface area contributed by atoms with Gasteiger partial charge < -0.3 is 9.84 Å². The third kappa shape index (κ3) is 3.15. The van der Waals surface area contributed by atoms with Gasteiger partial charge in [0.05, 0.1) is 11.2 Å². The minimum Gasteiger partial charge on any atom is -0.360 e. The Bertz CT molecular complexity index is 863. The second-order valence-corrected chi connectivity index (χ2v) is 6.16. The van der Waals surface area contributed by atoms with Crippen LogP contribution in [0.1, 0.15) is 47.1 Å². The van der Waals surface area contributed by atoms with Gasteiger partial charge >= 0.3 is 0 Å². The van der Waals surface area contributed by atoms with E-state index < -0.39 is 0 Å². The number of aromatic nitrogens is 2. The summed E-state index contributed by atoms with van der Waals surface area (Å²) in [5.41, 5.74) is 3.29. The Labute approximate surface area is 141 Å². The average Bonchev–Trinajstić information content (AvgIpc) is 2.97. The molecular formula is C19H21N3O2. The number of hydrogen-bond donors (Lipinski definition) is 1. The molecule has 0 fully saturated rings. The van der Waals surface area contributed by atoms with Gasteiger partial charge in [0, 0.05) is 24.0 Å². The van der Waals surface area contributed by atoms with Crippen LogP contribution >= 0.6 is 0 Å². The summed E-state index contributed by atoms with van der Waals surface area (Å²) < 4.78 is 5.28. The molecule has 0 bridgehead atoms. The van der Waals surface area contributed by atoms with Crippen LogP contribution < -0.4 is 5.32 Å². The van der Waals surface area contributed by atoms with Crippen molar-refractivity contribution in [3.8, 4) is 0 Å². The van der Waals surface area contributed by atoms with Gasteiger partial charge in [-0.05, 0) is 25.0 Å². The first kappa shape index (κ1) is 16.2. The number of rotatable bonds is 5. The van der Waals surface area contributed by atoms with Gasteiger partial charge in [0.2, 0.25) is 0 Å². The molecule has 3 aromatic rings. The van der Waals surface area contributed by atoms with Gasteiger partial charge in [0.25, 0.3) is 5.91 Å². The van der Waals surface area contributed by atoms with Gasteiger partial charge in [0.1, 0.15) is 5.56 Å². The fraction of sp³-hybridized carbons (Fsp3) is 0.316. The van der Waals surface area contributed by atoms with Crippen LogP contribution in [0, 0.1) is 6.92 Å². The highest BCUT2D eigenvalue weighted by molar-refractivity contribution is 5.96. The van der Waals surface area contributed by atoms with Gasteiger partial charge in [-0.2, -0.15) is 0 Å². The lowest BCUT2D eigenvalue weighted by atomic mass is 10.0. The second kappa shape index (κ2) is 6.83. The van der Waals surface area contributed by atoms with Crippen LogP contribution in [0.3, 0.4) is 0 Å². The van der Waals surface area contributed by atoms with E-state index >= 15 is 0 Å². The lowest BCUT2D eigenvalue weighted by Gasteiger charge is -2.08. The number of aryl methyl sites for hydroxylation is 1. The van der Waals surface area contributed by atoms with Crippen molar-refractivity contribution in [2.24, 2.45) is 0 Å². The zero-order valence-corrected chi connectivity index (χ0v) is 14.2. The van der Waals surface area contributed by atoms with Crippen LogP contribution in [0.25, 0.3) is 10.9 Å². The maximum absolute atomic E-state index is 12.5. The predicted octanol–water partition coefficient (Wildman–Crippen LogP) is 3.63. The summed E-state index contributed by atoms with van der Waals surface area (Å²) in [4.78, 5) is 16.9. The zero-order valence-electron chi connectivity index (χ0n) is 14.2. The third-order valence-corrected chi connectivity index (χ3v) is 4.04. The Morgan fingerprint density at radius 2 is 2.04 bits per heavy atom. The first-order valence-corrected chi connectivity index (χ1v) is 8.15. The number of amides is 1. The molecule has 2 aromatic heterocycles. The molecule has 0 saturated carbocycles. The Kier molecular flexibility index (Phi) is 4.60. The summed E-state index contributed by atoms with van der Waals surface area (Å²) in [5, 5.41) is 8.00. The Morgan fingerprint density at radius 3 is 2.83 bits per heavy atom. The van der Waals surface area contributed by atoms with E-state index in [1.165, 1.54) is 0 Å². The summed E-state index contributed by atoms with van der Waals surface area (Å²) in [6, 6.07) is 10.1. The zero-order chi connectivity index (χ0) is 17.1. The normalized spacial score (nSPS) is 11.2. The van der Waals surface area contributed by atoms with Crippen molar-refractivity contribution in [1.29, 1.82) is 0 Å². The molecule has 0 aliphatic heterocycles. The predicted molar refractivity (Wildman–Crippen MR) is 93.1 cm³/mol. The van der Waals surface area contributed by atoms with Gasteiger partial charge in [-0.1, -0.05) is 43.3 Å². The highest BCUT2D eigenvalue weighted by atomic mass is 16.5. The first-order valence-electron chi connectivity index (χ1n) is 8.15. The Morgan fingerprint density at radius 1 is 1.25 bits per heavy atom. The number of carbonyl (C=O) groups is 1. The molecule has 5 heteroatoms. The molecule has 0 atom stereocenters. The molecule has 0 aliphatic carbocycles. The lowest BCUT2D eigenvalue weighted by Crippen LogP contribution is -2.27. The topological polar surface area (TPSA) is 68.0 Å². The molecule has 1 N–H and O–H groups in total. The van der Waals surface area contributed by atoms with Gasteiger partial charge in [-0.15, -0.1) is 0 Å².